The van der Waals surface area contributed by atoms with Gasteiger partial charge in [-0.15, -0.1) is 0 Å². The number of hydrogen-bond acceptors (Lipinski definition) is 2. The lowest BCUT2D eigenvalue weighted by Crippen LogP contribution is -2.11. The topological polar surface area (TPSA) is 54.4 Å². The summed E-state index contributed by atoms with van der Waals surface area (Å²) in [5.41, 5.74) is 2.23. The fourth-order valence-corrected chi connectivity index (χ4v) is 2.05. The van der Waals surface area contributed by atoms with Crippen LogP contribution >= 0.6 is 0 Å². The van der Waals surface area contributed by atoms with Crippen molar-refractivity contribution in [1.29, 1.82) is 0 Å². The Morgan fingerprint density at radius 2 is 1.63 bits per heavy atom. The smallest absolute Gasteiger partial charge is 0.303 e. The van der Waals surface area contributed by atoms with Gasteiger partial charge in [0.2, 0.25) is 0 Å². The highest BCUT2D eigenvalue weighted by Gasteiger charge is 2.16. The Morgan fingerprint density at radius 3 is 2.11 bits per heavy atom. The predicted octanol–water partition coefficient (Wildman–Crippen LogP) is 3.42. The van der Waals surface area contributed by atoms with E-state index in [1.54, 1.807) is 0 Å². The highest BCUT2D eigenvalue weighted by Crippen LogP contribution is 2.20. The van der Waals surface area contributed by atoms with Crippen molar-refractivity contribution in [2.24, 2.45) is 5.92 Å². The van der Waals surface area contributed by atoms with Crippen molar-refractivity contribution in [3.8, 4) is 0 Å². The van der Waals surface area contributed by atoms with Crippen LogP contribution in [0.1, 0.15) is 50.7 Å². The van der Waals surface area contributed by atoms with E-state index in [1.807, 2.05) is 19.1 Å². The number of carboxylic acids is 1. The third-order valence-electron chi connectivity index (χ3n) is 3.19. The Labute approximate surface area is 114 Å². The molecule has 0 aliphatic rings. The third kappa shape index (κ3) is 5.25. The fourth-order valence-electron chi connectivity index (χ4n) is 2.05. The molecule has 0 spiro atoms. The summed E-state index contributed by atoms with van der Waals surface area (Å²) in [5.74, 6) is -0.556. The first-order chi connectivity index (χ1) is 8.90. The zero-order valence-corrected chi connectivity index (χ0v) is 11.8. The summed E-state index contributed by atoms with van der Waals surface area (Å²) in [7, 11) is 0. The van der Waals surface area contributed by atoms with Gasteiger partial charge in [0, 0.05) is 12.3 Å². The molecule has 3 heteroatoms. The molecular weight excluding hydrogens is 240 g/mol. The first-order valence-corrected chi connectivity index (χ1v) is 6.73. The molecule has 0 bridgehead atoms. The summed E-state index contributed by atoms with van der Waals surface area (Å²) in [4.78, 5) is 22.3. The van der Waals surface area contributed by atoms with Crippen LogP contribution in [-0.2, 0) is 16.0 Å². The van der Waals surface area contributed by atoms with Crippen molar-refractivity contribution in [2.45, 2.75) is 46.0 Å². The molecule has 1 rings (SSSR count). The highest BCUT2D eigenvalue weighted by molar-refractivity contribution is 5.87. The summed E-state index contributed by atoms with van der Waals surface area (Å²) in [6, 6.07) is 8.05. The molecule has 1 aromatic rings. The van der Waals surface area contributed by atoms with E-state index in [4.69, 9.17) is 5.11 Å². The molecule has 1 N–H and O–H groups in total. The van der Waals surface area contributed by atoms with Gasteiger partial charge < -0.3 is 5.11 Å². The maximum Gasteiger partial charge on any atom is 0.303 e. The standard InChI is InChI=1S/C16H22O3/c1-11(2)10-13-4-6-14(7-5-13)12(3)15(17)8-9-16(18)19/h4-7,11-12H,8-10H2,1-3H3,(H,18,19)/t12-/m0/s1. The van der Waals surface area contributed by atoms with E-state index in [9.17, 15) is 9.59 Å². The molecule has 19 heavy (non-hydrogen) atoms. The highest BCUT2D eigenvalue weighted by atomic mass is 16.4. The lowest BCUT2D eigenvalue weighted by Gasteiger charge is -2.12. The zero-order chi connectivity index (χ0) is 14.4. The molecule has 0 heterocycles. The van der Waals surface area contributed by atoms with Gasteiger partial charge in [-0.3, -0.25) is 9.59 Å². The molecule has 0 unspecified atom stereocenters. The van der Waals surface area contributed by atoms with Crippen molar-refractivity contribution in [3.63, 3.8) is 0 Å². The average molecular weight is 262 g/mol. The van der Waals surface area contributed by atoms with E-state index in [1.165, 1.54) is 5.56 Å². The van der Waals surface area contributed by atoms with E-state index < -0.39 is 5.97 Å². The van der Waals surface area contributed by atoms with Gasteiger partial charge in [0.05, 0.1) is 6.42 Å². The monoisotopic (exact) mass is 262 g/mol. The predicted molar refractivity (Wildman–Crippen MR) is 75.3 cm³/mol. The molecule has 0 fully saturated rings. The molecule has 0 aromatic heterocycles. The normalized spacial score (nSPS) is 12.4. The SMILES string of the molecule is CC(C)Cc1ccc([C@H](C)C(=O)CCC(=O)O)cc1. The Balaban J connectivity index is 2.64. The van der Waals surface area contributed by atoms with Crippen molar-refractivity contribution in [3.05, 3.63) is 35.4 Å². The molecule has 3 nitrogen and oxygen atoms in total. The third-order valence-corrected chi connectivity index (χ3v) is 3.19. The maximum absolute atomic E-state index is 11.8. The number of rotatable bonds is 7. The minimum absolute atomic E-state index is 0.0148. The van der Waals surface area contributed by atoms with Crippen LogP contribution in [-0.4, -0.2) is 16.9 Å². The van der Waals surface area contributed by atoms with E-state index in [-0.39, 0.29) is 24.5 Å². The molecule has 0 aliphatic heterocycles. The van der Waals surface area contributed by atoms with Crippen LogP contribution in [0.5, 0.6) is 0 Å². The van der Waals surface area contributed by atoms with Crippen LogP contribution in [0.2, 0.25) is 0 Å². The van der Waals surface area contributed by atoms with Crippen LogP contribution in [0.25, 0.3) is 0 Å². The van der Waals surface area contributed by atoms with E-state index in [0.29, 0.717) is 5.92 Å². The number of carbonyl (C=O) groups excluding carboxylic acids is 1. The van der Waals surface area contributed by atoms with E-state index in [0.717, 1.165) is 12.0 Å². The average Bonchev–Trinajstić information content (AvgIpc) is 2.35. The summed E-state index contributed by atoms with van der Waals surface area (Å²) in [6.45, 7) is 6.18. The largest absolute Gasteiger partial charge is 0.481 e. The summed E-state index contributed by atoms with van der Waals surface area (Å²) in [5, 5.41) is 8.58. The van der Waals surface area contributed by atoms with Crippen molar-refractivity contribution in [1.82, 2.24) is 0 Å². The molecular formula is C16H22O3. The quantitative estimate of drug-likeness (QED) is 0.819. The molecule has 0 amide bonds. The second kappa shape index (κ2) is 7.07. The van der Waals surface area contributed by atoms with E-state index >= 15 is 0 Å². The van der Waals surface area contributed by atoms with Gasteiger partial charge in [-0.2, -0.15) is 0 Å². The van der Waals surface area contributed by atoms with Gasteiger partial charge in [0.1, 0.15) is 5.78 Å². The molecule has 1 atom stereocenters. The number of Topliss-reactive ketones (excluding diaryl/α,β-unsaturated/α-hetero) is 1. The number of carboxylic acid groups (broad SMARTS) is 1. The van der Waals surface area contributed by atoms with Crippen LogP contribution in [0, 0.1) is 5.92 Å². The van der Waals surface area contributed by atoms with Gasteiger partial charge in [-0.05, 0) is 23.5 Å². The summed E-state index contributed by atoms with van der Waals surface area (Å²) < 4.78 is 0. The number of carbonyl (C=O) groups is 2. The molecule has 0 saturated carbocycles. The lowest BCUT2D eigenvalue weighted by atomic mass is 9.92. The maximum atomic E-state index is 11.8. The van der Waals surface area contributed by atoms with Gasteiger partial charge >= 0.3 is 5.97 Å². The van der Waals surface area contributed by atoms with E-state index in [2.05, 4.69) is 26.0 Å². The molecule has 104 valence electrons. The van der Waals surface area contributed by atoms with Crippen molar-refractivity contribution in [2.75, 3.05) is 0 Å². The molecule has 1 aromatic carbocycles. The lowest BCUT2D eigenvalue weighted by molar-refractivity contribution is -0.138. The number of aliphatic carboxylic acids is 1. The Morgan fingerprint density at radius 1 is 1.05 bits per heavy atom. The number of hydrogen-bond donors (Lipinski definition) is 1. The van der Waals surface area contributed by atoms with Crippen molar-refractivity contribution >= 4 is 11.8 Å². The minimum Gasteiger partial charge on any atom is -0.481 e. The Hall–Kier alpha value is -1.64. The van der Waals surface area contributed by atoms with Gasteiger partial charge in [0.25, 0.3) is 0 Å². The van der Waals surface area contributed by atoms with Crippen LogP contribution in [0.15, 0.2) is 24.3 Å². The minimum atomic E-state index is -0.923. The van der Waals surface area contributed by atoms with Crippen LogP contribution in [0.3, 0.4) is 0 Å². The number of benzene rings is 1. The van der Waals surface area contributed by atoms with Gasteiger partial charge in [-0.25, -0.2) is 0 Å². The van der Waals surface area contributed by atoms with Gasteiger partial charge in [0.15, 0.2) is 0 Å². The molecule has 0 saturated heterocycles. The second-order valence-corrected chi connectivity index (χ2v) is 5.42. The first kappa shape index (κ1) is 15.4. The summed E-state index contributed by atoms with van der Waals surface area (Å²) >= 11 is 0. The molecule has 0 aliphatic carbocycles. The Bertz CT molecular complexity index is 432. The summed E-state index contributed by atoms with van der Waals surface area (Å²) in [6.07, 6.45) is 1.04. The molecule has 0 radical (unpaired) electrons. The fraction of sp³-hybridized carbons (Fsp3) is 0.500. The number of ketones is 1. The Kier molecular flexibility index (Phi) is 5.74. The van der Waals surface area contributed by atoms with Crippen LogP contribution in [0.4, 0.5) is 0 Å². The van der Waals surface area contributed by atoms with Gasteiger partial charge in [-0.1, -0.05) is 45.0 Å². The second-order valence-electron chi connectivity index (χ2n) is 5.42. The van der Waals surface area contributed by atoms with Crippen LogP contribution < -0.4 is 0 Å². The zero-order valence-electron chi connectivity index (χ0n) is 11.8. The first-order valence-electron chi connectivity index (χ1n) is 6.73. The van der Waals surface area contributed by atoms with Crippen molar-refractivity contribution < 1.29 is 14.7 Å².